The minimum Gasteiger partial charge on any atom is -0.354 e. The lowest BCUT2D eigenvalue weighted by Crippen LogP contribution is -2.13. The molecule has 0 saturated carbocycles. The van der Waals surface area contributed by atoms with Gasteiger partial charge in [0.25, 0.3) is 5.91 Å². The van der Waals surface area contributed by atoms with Gasteiger partial charge in [0.05, 0.1) is 17.4 Å². The van der Waals surface area contributed by atoms with Crippen LogP contribution in [-0.4, -0.2) is 16.8 Å². The molecule has 1 aromatic heterocycles. The van der Waals surface area contributed by atoms with Crippen molar-refractivity contribution in [3.63, 3.8) is 0 Å². The highest BCUT2D eigenvalue weighted by Gasteiger charge is 2.09. The lowest BCUT2D eigenvalue weighted by molar-refractivity contribution is -0.114. The number of pyridine rings is 1. The molecule has 0 atom stereocenters. The van der Waals surface area contributed by atoms with Crippen LogP contribution in [0.3, 0.4) is 0 Å². The van der Waals surface area contributed by atoms with Gasteiger partial charge in [0.2, 0.25) is 5.91 Å². The van der Waals surface area contributed by atoms with E-state index in [4.69, 9.17) is 0 Å². The standard InChI is InChI=1S/C22H22N4O2/c1-3-16-6-4-5-7-21(16)25-20-12-17(13-23-14-20)22(28)26-19-10-8-18(9-11-19)24-15(2)27/h4-14,25H,3H2,1-2H3,(H,24,27)(H,26,28). The molecule has 6 nitrogen and oxygen atoms in total. The molecular formula is C22H22N4O2. The normalized spacial score (nSPS) is 10.2. The first-order chi connectivity index (χ1) is 13.5. The molecule has 3 aromatic rings. The van der Waals surface area contributed by atoms with Crippen LogP contribution in [0.15, 0.2) is 67.0 Å². The van der Waals surface area contributed by atoms with Crippen LogP contribution in [0.1, 0.15) is 29.8 Å². The van der Waals surface area contributed by atoms with Crippen molar-refractivity contribution in [1.82, 2.24) is 4.98 Å². The third-order valence-corrected chi connectivity index (χ3v) is 4.14. The second-order valence-corrected chi connectivity index (χ2v) is 6.31. The van der Waals surface area contributed by atoms with Gasteiger partial charge in [-0.1, -0.05) is 25.1 Å². The maximum atomic E-state index is 12.6. The number of aromatic nitrogens is 1. The van der Waals surface area contributed by atoms with Gasteiger partial charge in [0.15, 0.2) is 0 Å². The highest BCUT2D eigenvalue weighted by atomic mass is 16.2. The van der Waals surface area contributed by atoms with E-state index in [-0.39, 0.29) is 11.8 Å². The van der Waals surface area contributed by atoms with E-state index in [1.807, 2.05) is 18.2 Å². The van der Waals surface area contributed by atoms with Crippen molar-refractivity contribution in [2.24, 2.45) is 0 Å². The topological polar surface area (TPSA) is 83.1 Å². The number of nitrogens with one attached hydrogen (secondary N) is 3. The van der Waals surface area contributed by atoms with Crippen molar-refractivity contribution in [3.8, 4) is 0 Å². The van der Waals surface area contributed by atoms with Crippen molar-refractivity contribution in [1.29, 1.82) is 0 Å². The fraction of sp³-hybridized carbons (Fsp3) is 0.136. The van der Waals surface area contributed by atoms with Crippen molar-refractivity contribution < 1.29 is 9.59 Å². The number of amides is 2. The van der Waals surface area contributed by atoms with Crippen LogP contribution in [0.5, 0.6) is 0 Å². The summed E-state index contributed by atoms with van der Waals surface area (Å²) in [6.45, 7) is 3.54. The van der Waals surface area contributed by atoms with Gasteiger partial charge in [-0.15, -0.1) is 0 Å². The first-order valence-corrected chi connectivity index (χ1v) is 9.04. The number of carbonyl (C=O) groups excluding carboxylic acids is 2. The molecule has 0 aliphatic heterocycles. The van der Waals surface area contributed by atoms with Gasteiger partial charge < -0.3 is 16.0 Å². The van der Waals surface area contributed by atoms with Crippen molar-refractivity contribution in [3.05, 3.63) is 78.1 Å². The summed E-state index contributed by atoms with van der Waals surface area (Å²) in [5.41, 5.74) is 4.69. The molecule has 0 fully saturated rings. The first-order valence-electron chi connectivity index (χ1n) is 9.04. The van der Waals surface area contributed by atoms with Crippen molar-refractivity contribution in [2.45, 2.75) is 20.3 Å². The summed E-state index contributed by atoms with van der Waals surface area (Å²) in [6, 6.07) is 16.7. The SMILES string of the molecule is CCc1ccccc1Nc1cncc(C(=O)Nc2ccc(NC(C)=O)cc2)c1. The lowest BCUT2D eigenvalue weighted by Gasteiger charge is -2.12. The first kappa shape index (κ1) is 19.1. The van der Waals surface area contributed by atoms with E-state index in [0.29, 0.717) is 16.9 Å². The van der Waals surface area contributed by atoms with Gasteiger partial charge >= 0.3 is 0 Å². The Bertz CT molecular complexity index is 984. The van der Waals surface area contributed by atoms with Gasteiger partial charge in [-0.05, 0) is 48.4 Å². The molecule has 0 aliphatic carbocycles. The molecule has 0 aliphatic rings. The van der Waals surface area contributed by atoms with Gasteiger partial charge in [0.1, 0.15) is 0 Å². The number of para-hydroxylation sites is 1. The maximum absolute atomic E-state index is 12.6. The molecule has 0 unspecified atom stereocenters. The molecule has 0 saturated heterocycles. The van der Waals surface area contributed by atoms with Crippen LogP contribution in [0, 0.1) is 0 Å². The summed E-state index contributed by atoms with van der Waals surface area (Å²) >= 11 is 0. The van der Waals surface area contributed by atoms with Crippen molar-refractivity contribution >= 4 is 34.6 Å². The number of hydrogen-bond acceptors (Lipinski definition) is 4. The van der Waals surface area contributed by atoms with Crippen molar-refractivity contribution in [2.75, 3.05) is 16.0 Å². The Hall–Kier alpha value is -3.67. The molecule has 3 N–H and O–H groups in total. The highest BCUT2D eigenvalue weighted by molar-refractivity contribution is 6.04. The molecule has 0 radical (unpaired) electrons. The van der Waals surface area contributed by atoms with E-state index in [2.05, 4.69) is 33.9 Å². The predicted octanol–water partition coefficient (Wildman–Crippen LogP) is 4.60. The van der Waals surface area contributed by atoms with Crippen LogP contribution in [0.2, 0.25) is 0 Å². The minimum atomic E-state index is -0.257. The zero-order valence-corrected chi connectivity index (χ0v) is 15.8. The molecule has 1 heterocycles. The second kappa shape index (κ2) is 8.81. The summed E-state index contributed by atoms with van der Waals surface area (Å²) in [4.78, 5) is 27.8. The lowest BCUT2D eigenvalue weighted by atomic mass is 10.1. The number of hydrogen-bond donors (Lipinski definition) is 3. The van der Waals surface area contributed by atoms with Gasteiger partial charge in [-0.3, -0.25) is 14.6 Å². The van der Waals surface area contributed by atoms with E-state index in [0.717, 1.165) is 17.8 Å². The largest absolute Gasteiger partial charge is 0.354 e. The number of carbonyl (C=O) groups is 2. The number of aryl methyl sites for hydroxylation is 1. The average molecular weight is 374 g/mol. The summed E-state index contributed by atoms with van der Waals surface area (Å²) in [6.07, 6.45) is 4.12. The summed E-state index contributed by atoms with van der Waals surface area (Å²) in [5.74, 6) is -0.399. The van der Waals surface area contributed by atoms with Gasteiger partial charge in [0, 0.05) is 30.2 Å². The summed E-state index contributed by atoms with van der Waals surface area (Å²) in [5, 5.41) is 8.85. The zero-order chi connectivity index (χ0) is 19.9. The quantitative estimate of drug-likeness (QED) is 0.589. The number of rotatable bonds is 6. The Balaban J connectivity index is 1.71. The Morgan fingerprint density at radius 2 is 1.57 bits per heavy atom. The Kier molecular flexibility index (Phi) is 6.01. The molecule has 2 aromatic carbocycles. The minimum absolute atomic E-state index is 0.142. The Morgan fingerprint density at radius 1 is 0.893 bits per heavy atom. The maximum Gasteiger partial charge on any atom is 0.257 e. The van der Waals surface area contributed by atoms with Crippen LogP contribution in [0.4, 0.5) is 22.7 Å². The van der Waals surface area contributed by atoms with E-state index >= 15 is 0 Å². The van der Waals surface area contributed by atoms with Gasteiger partial charge in [-0.2, -0.15) is 0 Å². The summed E-state index contributed by atoms with van der Waals surface area (Å²) in [7, 11) is 0. The third-order valence-electron chi connectivity index (χ3n) is 4.14. The molecule has 142 valence electrons. The van der Waals surface area contributed by atoms with Crippen LogP contribution >= 0.6 is 0 Å². The number of benzene rings is 2. The molecule has 3 rings (SSSR count). The molecule has 2 amide bonds. The highest BCUT2D eigenvalue weighted by Crippen LogP contribution is 2.22. The van der Waals surface area contributed by atoms with E-state index in [1.54, 1.807) is 36.5 Å². The third kappa shape index (κ3) is 4.94. The second-order valence-electron chi connectivity index (χ2n) is 6.31. The van der Waals surface area contributed by atoms with E-state index < -0.39 is 0 Å². The number of anilines is 4. The summed E-state index contributed by atoms with van der Waals surface area (Å²) < 4.78 is 0. The monoisotopic (exact) mass is 374 g/mol. The Morgan fingerprint density at radius 3 is 2.25 bits per heavy atom. The zero-order valence-electron chi connectivity index (χ0n) is 15.8. The molecular weight excluding hydrogens is 352 g/mol. The average Bonchev–Trinajstić information content (AvgIpc) is 2.70. The molecule has 0 spiro atoms. The van der Waals surface area contributed by atoms with Crippen LogP contribution in [0.25, 0.3) is 0 Å². The fourth-order valence-corrected chi connectivity index (χ4v) is 2.78. The fourth-order valence-electron chi connectivity index (χ4n) is 2.78. The smallest absolute Gasteiger partial charge is 0.257 e. The van der Waals surface area contributed by atoms with E-state index in [9.17, 15) is 9.59 Å². The Labute approximate surface area is 164 Å². The molecule has 0 bridgehead atoms. The molecule has 28 heavy (non-hydrogen) atoms. The van der Waals surface area contributed by atoms with E-state index in [1.165, 1.54) is 18.7 Å². The predicted molar refractivity (Wildman–Crippen MR) is 112 cm³/mol. The van der Waals surface area contributed by atoms with Crippen LogP contribution < -0.4 is 16.0 Å². The number of nitrogens with zero attached hydrogens (tertiary/aromatic N) is 1. The van der Waals surface area contributed by atoms with Crippen LogP contribution in [-0.2, 0) is 11.2 Å². The van der Waals surface area contributed by atoms with Gasteiger partial charge in [-0.25, -0.2) is 0 Å². The molecule has 6 heteroatoms.